The summed E-state index contributed by atoms with van der Waals surface area (Å²) in [6.45, 7) is 0. The molecule has 10 aromatic rings. The van der Waals surface area contributed by atoms with Gasteiger partial charge in [0.2, 0.25) is 0 Å². The summed E-state index contributed by atoms with van der Waals surface area (Å²) in [4.78, 5) is 0. The summed E-state index contributed by atoms with van der Waals surface area (Å²) in [6, 6.07) is 31.4. The summed E-state index contributed by atoms with van der Waals surface area (Å²) in [5.74, 6) is 0. The SMILES string of the molecule is N#Cc1cccc(-c2ccc(-n3c4ccccc4c4ccc(-c5ccc(C(F)(F)F)cc5C(F)(F)F)cc43)c(C(F)(F)F)c2-n2c3ccccc3c3ccc(-c4ccc(C(F)(F)F)cc4C(F)(F)F)cc32)c1. The highest BCUT2D eigenvalue weighted by atomic mass is 19.4. The highest BCUT2D eigenvalue weighted by molar-refractivity contribution is 6.12. The molecule has 0 N–H and O–H groups in total. The van der Waals surface area contributed by atoms with E-state index in [2.05, 4.69) is 0 Å². The van der Waals surface area contributed by atoms with Crippen molar-refractivity contribution < 1.29 is 65.9 Å². The quantitative estimate of drug-likeness (QED) is 0.158. The maximum atomic E-state index is 16.7. The smallest absolute Gasteiger partial charge is 0.309 e. The summed E-state index contributed by atoms with van der Waals surface area (Å²) in [7, 11) is 0. The molecular weight excluding hydrogens is 976 g/mol. The average Bonchev–Trinajstić information content (AvgIpc) is 3.83. The molecule has 0 amide bonds. The van der Waals surface area contributed by atoms with E-state index < -0.39 is 81.2 Å². The number of aromatic nitrogens is 2. The number of nitrogens with zero attached hydrogens (tertiary/aromatic N) is 3. The van der Waals surface area contributed by atoms with Crippen molar-refractivity contribution in [2.24, 2.45) is 0 Å². The Morgan fingerprint density at radius 3 is 1.26 bits per heavy atom. The lowest BCUT2D eigenvalue weighted by atomic mass is 9.95. The summed E-state index contributed by atoms with van der Waals surface area (Å²) >= 11 is 0. The fourth-order valence-electron chi connectivity index (χ4n) is 9.46. The van der Waals surface area contributed by atoms with Crippen LogP contribution in [0.1, 0.15) is 33.4 Å². The lowest BCUT2D eigenvalue weighted by Crippen LogP contribution is -2.17. The van der Waals surface area contributed by atoms with Gasteiger partial charge in [-0.05, 0) is 94.5 Å². The van der Waals surface area contributed by atoms with Crippen LogP contribution in [-0.2, 0) is 30.9 Å². The van der Waals surface area contributed by atoms with Crippen molar-refractivity contribution >= 4 is 43.6 Å². The van der Waals surface area contributed by atoms with E-state index in [1.54, 1.807) is 24.3 Å². The minimum Gasteiger partial charge on any atom is -0.309 e. The van der Waals surface area contributed by atoms with E-state index in [0.717, 1.165) is 27.3 Å². The van der Waals surface area contributed by atoms with Crippen LogP contribution in [0.4, 0.5) is 65.9 Å². The molecule has 72 heavy (non-hydrogen) atoms. The van der Waals surface area contributed by atoms with Crippen LogP contribution in [0.5, 0.6) is 0 Å². The van der Waals surface area contributed by atoms with Crippen molar-refractivity contribution in [2.45, 2.75) is 30.9 Å². The number of benzene rings is 8. The van der Waals surface area contributed by atoms with Gasteiger partial charge in [-0.2, -0.15) is 71.1 Å². The fraction of sp³-hybridized carbons (Fsp3) is 0.0926. The number of fused-ring (bicyclic) bond motifs is 6. The Hall–Kier alpha value is -8.20. The van der Waals surface area contributed by atoms with Crippen molar-refractivity contribution in [1.82, 2.24) is 9.13 Å². The van der Waals surface area contributed by atoms with Crippen molar-refractivity contribution in [3.63, 3.8) is 0 Å². The Bertz CT molecular complexity index is 3870. The fourth-order valence-corrected chi connectivity index (χ4v) is 9.46. The highest BCUT2D eigenvalue weighted by Gasteiger charge is 2.43. The summed E-state index contributed by atoms with van der Waals surface area (Å²) < 4.78 is 223. The molecule has 0 radical (unpaired) electrons. The molecule has 0 spiro atoms. The number of halogens is 15. The van der Waals surface area contributed by atoms with Gasteiger partial charge in [0.15, 0.2) is 0 Å². The normalized spacial score (nSPS) is 12.9. The lowest BCUT2D eigenvalue weighted by Gasteiger charge is -2.24. The van der Waals surface area contributed by atoms with E-state index in [1.165, 1.54) is 78.9 Å². The summed E-state index contributed by atoms with van der Waals surface area (Å²) in [5, 5.41) is 11.0. The second-order valence-corrected chi connectivity index (χ2v) is 16.7. The highest BCUT2D eigenvalue weighted by Crippen LogP contribution is 2.50. The molecule has 0 saturated carbocycles. The standard InChI is InChI=1S/C54H26F15N3/c55-50(56,57)32-14-18-34(41(25-32)52(61,62)63)30-12-16-39-37-8-1-3-10-43(37)71(46(39)23-30)45-21-20-36(29-7-5-6-28(22-29)27-70)49(48(45)54(67,68)69)72-44-11-4-2-9-38(44)40-17-13-31(24-47(40)72)35-19-15-33(51(58,59)60)26-42(35)53(64,65)66/h1-26H. The molecule has 18 heteroatoms. The van der Waals surface area contributed by atoms with Gasteiger partial charge in [0.05, 0.1) is 67.3 Å². The molecule has 2 heterocycles. The maximum Gasteiger partial charge on any atom is 0.420 e. The second-order valence-electron chi connectivity index (χ2n) is 16.7. The van der Waals surface area contributed by atoms with Gasteiger partial charge in [-0.25, -0.2) is 0 Å². The summed E-state index contributed by atoms with van der Waals surface area (Å²) in [5.41, 5.74) is -11.3. The van der Waals surface area contributed by atoms with Crippen LogP contribution in [0, 0.1) is 11.3 Å². The second kappa shape index (κ2) is 16.4. The van der Waals surface area contributed by atoms with Gasteiger partial charge in [-0.15, -0.1) is 0 Å². The monoisotopic (exact) mass is 1000 g/mol. The summed E-state index contributed by atoms with van der Waals surface area (Å²) in [6.07, 6.45) is -26.4. The minimum atomic E-state index is -5.38. The van der Waals surface area contributed by atoms with Crippen molar-refractivity contribution in [2.75, 3.05) is 0 Å². The largest absolute Gasteiger partial charge is 0.420 e. The Balaban J connectivity index is 1.34. The van der Waals surface area contributed by atoms with E-state index in [1.807, 2.05) is 6.07 Å². The van der Waals surface area contributed by atoms with Gasteiger partial charge < -0.3 is 9.13 Å². The van der Waals surface area contributed by atoms with Gasteiger partial charge in [-0.3, -0.25) is 0 Å². The number of hydrogen-bond acceptors (Lipinski definition) is 1. The maximum absolute atomic E-state index is 16.7. The van der Waals surface area contributed by atoms with Crippen LogP contribution in [0.3, 0.4) is 0 Å². The van der Waals surface area contributed by atoms with E-state index >= 15 is 13.2 Å². The first-order chi connectivity index (χ1) is 33.8. The van der Waals surface area contributed by atoms with Gasteiger partial charge in [0, 0.05) is 27.1 Å². The molecule has 0 aliphatic heterocycles. The van der Waals surface area contributed by atoms with Crippen LogP contribution in [0.2, 0.25) is 0 Å². The van der Waals surface area contributed by atoms with Gasteiger partial charge in [-0.1, -0.05) is 91.0 Å². The third kappa shape index (κ3) is 8.02. The molecule has 0 aliphatic rings. The lowest BCUT2D eigenvalue weighted by molar-refractivity contribution is -0.144. The van der Waals surface area contributed by atoms with Crippen molar-refractivity contribution in [3.05, 3.63) is 191 Å². The van der Waals surface area contributed by atoms with E-state index in [4.69, 9.17) is 0 Å². The number of para-hydroxylation sites is 2. The molecular formula is C54H26F15N3. The van der Waals surface area contributed by atoms with Crippen LogP contribution < -0.4 is 0 Å². The van der Waals surface area contributed by atoms with Crippen LogP contribution in [-0.4, -0.2) is 9.13 Å². The first-order valence-electron chi connectivity index (χ1n) is 21.2. The molecule has 2 aromatic heterocycles. The molecule has 0 saturated heterocycles. The van der Waals surface area contributed by atoms with Crippen LogP contribution >= 0.6 is 0 Å². The molecule has 0 bridgehead atoms. The minimum absolute atomic E-state index is 0.0268. The van der Waals surface area contributed by atoms with E-state index in [-0.39, 0.29) is 72.8 Å². The Labute approximate surface area is 395 Å². The zero-order valence-corrected chi connectivity index (χ0v) is 36.0. The average molecular weight is 1000 g/mol. The Kier molecular flexibility index (Phi) is 10.8. The van der Waals surface area contributed by atoms with Gasteiger partial charge >= 0.3 is 30.9 Å². The third-order valence-corrected chi connectivity index (χ3v) is 12.5. The molecule has 8 aromatic carbocycles. The Morgan fingerprint density at radius 1 is 0.347 bits per heavy atom. The zero-order chi connectivity index (χ0) is 51.4. The number of rotatable bonds is 5. The number of nitriles is 1. The predicted molar refractivity (Wildman–Crippen MR) is 241 cm³/mol. The number of alkyl halides is 15. The van der Waals surface area contributed by atoms with E-state index in [9.17, 15) is 57.9 Å². The zero-order valence-electron chi connectivity index (χ0n) is 36.0. The first kappa shape index (κ1) is 47.5. The van der Waals surface area contributed by atoms with Crippen molar-refractivity contribution in [3.8, 4) is 50.8 Å². The number of hydrogen-bond donors (Lipinski definition) is 0. The van der Waals surface area contributed by atoms with Crippen LogP contribution in [0.15, 0.2) is 158 Å². The molecule has 10 rings (SSSR count). The third-order valence-electron chi connectivity index (χ3n) is 12.5. The molecule has 3 nitrogen and oxygen atoms in total. The molecule has 0 unspecified atom stereocenters. The molecule has 0 atom stereocenters. The van der Waals surface area contributed by atoms with Crippen molar-refractivity contribution in [1.29, 1.82) is 5.26 Å². The topological polar surface area (TPSA) is 33.6 Å². The Morgan fingerprint density at radius 2 is 0.792 bits per heavy atom. The molecule has 0 fully saturated rings. The van der Waals surface area contributed by atoms with Gasteiger partial charge in [0.1, 0.15) is 5.56 Å². The van der Waals surface area contributed by atoms with E-state index in [0.29, 0.717) is 35.0 Å². The first-order valence-corrected chi connectivity index (χ1v) is 21.2. The molecule has 0 aliphatic carbocycles. The molecule has 362 valence electrons. The van der Waals surface area contributed by atoms with Crippen LogP contribution in [0.25, 0.3) is 88.4 Å². The van der Waals surface area contributed by atoms with Gasteiger partial charge in [0.25, 0.3) is 0 Å². The predicted octanol–water partition coefficient (Wildman–Crippen LogP) is 17.8.